The maximum Gasteiger partial charge on any atom is 0.416 e. The van der Waals surface area contributed by atoms with Crippen molar-refractivity contribution >= 4 is 5.69 Å². The van der Waals surface area contributed by atoms with Gasteiger partial charge in [-0.25, -0.2) is 0 Å². The highest BCUT2D eigenvalue weighted by molar-refractivity contribution is 5.50. The summed E-state index contributed by atoms with van der Waals surface area (Å²) in [5, 5.41) is 12.2. The second kappa shape index (κ2) is 5.74. The van der Waals surface area contributed by atoms with Gasteiger partial charge in [-0.05, 0) is 37.5 Å². The summed E-state index contributed by atoms with van der Waals surface area (Å²) in [4.78, 5) is 0. The van der Waals surface area contributed by atoms with E-state index >= 15 is 0 Å². The first-order valence-electron chi connectivity index (χ1n) is 6.76. The fourth-order valence-electron chi connectivity index (χ4n) is 2.69. The van der Waals surface area contributed by atoms with E-state index in [0.29, 0.717) is 5.69 Å². The van der Waals surface area contributed by atoms with Crippen LogP contribution in [-0.4, -0.2) is 6.04 Å². The maximum atomic E-state index is 12.9. The molecule has 0 aliphatic heterocycles. The zero-order valence-corrected chi connectivity index (χ0v) is 11.3. The topological polar surface area (TPSA) is 35.8 Å². The lowest BCUT2D eigenvalue weighted by Gasteiger charge is -2.28. The first kappa shape index (κ1) is 14.7. The van der Waals surface area contributed by atoms with E-state index < -0.39 is 11.7 Å². The maximum absolute atomic E-state index is 12.9. The summed E-state index contributed by atoms with van der Waals surface area (Å²) < 4.78 is 38.6. The zero-order valence-electron chi connectivity index (χ0n) is 11.3. The van der Waals surface area contributed by atoms with Gasteiger partial charge in [-0.1, -0.05) is 18.9 Å². The number of anilines is 1. The van der Waals surface area contributed by atoms with Gasteiger partial charge in [0.25, 0.3) is 0 Å². The number of nitriles is 1. The van der Waals surface area contributed by atoms with Crippen LogP contribution in [0.4, 0.5) is 18.9 Å². The fraction of sp³-hybridized carbons (Fsp3) is 0.533. The molecule has 20 heavy (non-hydrogen) atoms. The lowest BCUT2D eigenvalue weighted by Crippen LogP contribution is -2.31. The Hall–Kier alpha value is -1.70. The van der Waals surface area contributed by atoms with E-state index in [2.05, 4.69) is 11.4 Å². The predicted molar refractivity (Wildman–Crippen MR) is 71.2 cm³/mol. The number of nitrogens with one attached hydrogen (secondary N) is 1. The van der Waals surface area contributed by atoms with Crippen LogP contribution in [0, 0.1) is 24.2 Å². The predicted octanol–water partition coefficient (Wildman–Crippen LogP) is 4.51. The quantitative estimate of drug-likeness (QED) is 0.866. The van der Waals surface area contributed by atoms with Crippen LogP contribution in [0.1, 0.15) is 36.8 Å². The van der Waals surface area contributed by atoms with Crippen LogP contribution in [0.5, 0.6) is 0 Å². The monoisotopic (exact) mass is 282 g/mol. The molecule has 1 N–H and O–H groups in total. The molecule has 1 aliphatic rings. The molecular formula is C15H17F3N2. The number of hydrogen-bond acceptors (Lipinski definition) is 2. The molecule has 2 nitrogen and oxygen atoms in total. The largest absolute Gasteiger partial charge is 0.416 e. The first-order valence-corrected chi connectivity index (χ1v) is 6.76. The molecule has 0 aromatic heterocycles. The lowest BCUT2D eigenvalue weighted by molar-refractivity contribution is -0.138. The molecule has 1 aromatic carbocycles. The SMILES string of the molecule is Cc1ccc(NC2CCCCC2C#N)cc1C(F)(F)F. The Kier molecular flexibility index (Phi) is 4.22. The molecule has 2 rings (SSSR count). The van der Waals surface area contributed by atoms with Crippen LogP contribution < -0.4 is 5.32 Å². The van der Waals surface area contributed by atoms with Crippen molar-refractivity contribution in [3.05, 3.63) is 29.3 Å². The molecule has 0 saturated heterocycles. The first-order chi connectivity index (χ1) is 9.41. The number of benzene rings is 1. The van der Waals surface area contributed by atoms with Gasteiger partial charge in [0.05, 0.1) is 17.6 Å². The summed E-state index contributed by atoms with van der Waals surface area (Å²) in [7, 11) is 0. The van der Waals surface area contributed by atoms with Crippen LogP contribution in [0.3, 0.4) is 0 Å². The number of aryl methyl sites for hydroxylation is 1. The number of hydrogen-bond donors (Lipinski definition) is 1. The van der Waals surface area contributed by atoms with Crippen molar-refractivity contribution in [1.82, 2.24) is 0 Å². The summed E-state index contributed by atoms with van der Waals surface area (Å²) >= 11 is 0. The van der Waals surface area contributed by atoms with Crippen LogP contribution >= 0.6 is 0 Å². The van der Waals surface area contributed by atoms with Gasteiger partial charge in [0.2, 0.25) is 0 Å². The van der Waals surface area contributed by atoms with Crippen molar-refractivity contribution in [2.75, 3.05) is 5.32 Å². The molecule has 5 heteroatoms. The minimum Gasteiger partial charge on any atom is -0.381 e. The molecule has 0 heterocycles. The van der Waals surface area contributed by atoms with E-state index in [1.54, 1.807) is 6.07 Å². The summed E-state index contributed by atoms with van der Waals surface area (Å²) in [6.45, 7) is 1.45. The van der Waals surface area contributed by atoms with Crippen molar-refractivity contribution in [3.8, 4) is 6.07 Å². The molecule has 0 radical (unpaired) electrons. The van der Waals surface area contributed by atoms with E-state index in [-0.39, 0.29) is 17.5 Å². The van der Waals surface area contributed by atoms with Gasteiger partial charge in [-0.15, -0.1) is 0 Å². The zero-order chi connectivity index (χ0) is 14.8. The third-order valence-electron chi connectivity index (χ3n) is 3.83. The van der Waals surface area contributed by atoms with Crippen LogP contribution in [0.25, 0.3) is 0 Å². The van der Waals surface area contributed by atoms with Gasteiger partial charge in [0.1, 0.15) is 0 Å². The van der Waals surface area contributed by atoms with Gasteiger partial charge in [-0.3, -0.25) is 0 Å². The Morgan fingerprint density at radius 2 is 1.95 bits per heavy atom. The van der Waals surface area contributed by atoms with E-state index in [1.807, 2.05) is 0 Å². The summed E-state index contributed by atoms with van der Waals surface area (Å²) in [6.07, 6.45) is -0.686. The third kappa shape index (κ3) is 3.24. The highest BCUT2D eigenvalue weighted by Gasteiger charge is 2.33. The average Bonchev–Trinajstić information content (AvgIpc) is 2.40. The van der Waals surface area contributed by atoms with Gasteiger partial charge in [-0.2, -0.15) is 18.4 Å². The lowest BCUT2D eigenvalue weighted by atomic mass is 9.85. The molecule has 2 unspecified atom stereocenters. The van der Waals surface area contributed by atoms with Gasteiger partial charge < -0.3 is 5.32 Å². The van der Waals surface area contributed by atoms with Crippen molar-refractivity contribution in [1.29, 1.82) is 5.26 Å². The highest BCUT2D eigenvalue weighted by atomic mass is 19.4. The summed E-state index contributed by atoms with van der Waals surface area (Å²) in [5.74, 6) is -0.126. The van der Waals surface area contributed by atoms with Crippen LogP contribution in [-0.2, 0) is 6.18 Å². The molecule has 0 amide bonds. The minimum absolute atomic E-state index is 0.0578. The molecule has 108 valence electrons. The number of alkyl halides is 3. The molecular weight excluding hydrogens is 265 g/mol. The molecule has 1 saturated carbocycles. The number of halogens is 3. The fourth-order valence-corrected chi connectivity index (χ4v) is 2.69. The van der Waals surface area contributed by atoms with Crippen LogP contribution in [0.15, 0.2) is 18.2 Å². The third-order valence-corrected chi connectivity index (χ3v) is 3.83. The van der Waals surface area contributed by atoms with Crippen molar-refractivity contribution in [3.63, 3.8) is 0 Å². The second-order valence-electron chi connectivity index (χ2n) is 5.30. The molecule has 0 bridgehead atoms. The van der Waals surface area contributed by atoms with Gasteiger partial charge in [0.15, 0.2) is 0 Å². The Morgan fingerprint density at radius 1 is 1.25 bits per heavy atom. The van der Waals surface area contributed by atoms with E-state index in [4.69, 9.17) is 5.26 Å². The number of rotatable bonds is 2. The normalized spacial score (nSPS) is 23.1. The molecule has 2 atom stereocenters. The Bertz CT molecular complexity index is 517. The minimum atomic E-state index is -4.34. The summed E-state index contributed by atoms with van der Waals surface area (Å²) in [6, 6.07) is 6.44. The van der Waals surface area contributed by atoms with Crippen molar-refractivity contribution in [2.24, 2.45) is 5.92 Å². The second-order valence-corrected chi connectivity index (χ2v) is 5.30. The Labute approximate surface area is 116 Å². The molecule has 1 aromatic rings. The smallest absolute Gasteiger partial charge is 0.381 e. The standard InChI is InChI=1S/C15H17F3N2/c1-10-6-7-12(8-13(10)15(16,17)18)20-14-5-3-2-4-11(14)9-19/h6-8,11,14,20H,2-5H2,1H3. The van der Waals surface area contributed by atoms with E-state index in [0.717, 1.165) is 31.7 Å². The van der Waals surface area contributed by atoms with Gasteiger partial charge in [0, 0.05) is 11.7 Å². The summed E-state index contributed by atoms with van der Waals surface area (Å²) in [5.41, 5.74) is 0.0328. The van der Waals surface area contributed by atoms with Gasteiger partial charge >= 0.3 is 6.18 Å². The van der Waals surface area contributed by atoms with Crippen LogP contribution in [0.2, 0.25) is 0 Å². The average molecular weight is 282 g/mol. The highest BCUT2D eigenvalue weighted by Crippen LogP contribution is 2.34. The Morgan fingerprint density at radius 3 is 2.60 bits per heavy atom. The van der Waals surface area contributed by atoms with Crippen molar-refractivity contribution in [2.45, 2.75) is 44.8 Å². The van der Waals surface area contributed by atoms with E-state index in [9.17, 15) is 13.2 Å². The molecule has 1 aliphatic carbocycles. The Balaban J connectivity index is 2.20. The number of nitrogens with zero attached hydrogens (tertiary/aromatic N) is 1. The molecule has 1 fully saturated rings. The molecule has 0 spiro atoms. The van der Waals surface area contributed by atoms with Crippen molar-refractivity contribution < 1.29 is 13.2 Å². The van der Waals surface area contributed by atoms with E-state index in [1.165, 1.54) is 13.0 Å².